The number of halogens is 4. The molecule has 1 aromatic rings. The summed E-state index contributed by atoms with van der Waals surface area (Å²) in [6, 6.07) is 8.45. The van der Waals surface area contributed by atoms with Crippen LogP contribution in [0.5, 0.6) is 0 Å². The molecule has 1 rings (SSSR count). The van der Waals surface area contributed by atoms with Crippen LogP contribution in [0.1, 0.15) is 11.1 Å². The van der Waals surface area contributed by atoms with E-state index in [0.717, 1.165) is 6.54 Å². The maximum atomic E-state index is 9.75. The maximum absolute atomic E-state index is 9.75. The van der Waals surface area contributed by atoms with Crippen LogP contribution in [0.15, 0.2) is 30.8 Å². The summed E-state index contributed by atoms with van der Waals surface area (Å²) < 4.78 is 39.0. The third-order valence-electron chi connectivity index (χ3n) is 1.71. The molecule has 1 aromatic carbocycles. The summed E-state index contributed by atoms with van der Waals surface area (Å²) in [5.74, 6) is 0. The SMILES string of the molecule is C=Cc1ccc(CN(C)C)cc1.F[B-](F)(F)F. The van der Waals surface area contributed by atoms with Crippen molar-refractivity contribution in [1.82, 2.24) is 4.90 Å². The zero-order valence-corrected chi connectivity index (χ0v) is 9.84. The molecule has 17 heavy (non-hydrogen) atoms. The van der Waals surface area contributed by atoms with E-state index in [9.17, 15) is 17.3 Å². The maximum Gasteiger partial charge on any atom is 0.673 e. The summed E-state index contributed by atoms with van der Waals surface area (Å²) in [4.78, 5) is 2.16. The molecule has 0 aromatic heterocycles. The second-order valence-corrected chi connectivity index (χ2v) is 3.68. The van der Waals surface area contributed by atoms with Crippen molar-refractivity contribution >= 4 is 13.3 Å². The largest absolute Gasteiger partial charge is 0.673 e. The summed E-state index contributed by atoms with van der Waals surface area (Å²) in [6.45, 7) is 4.71. The van der Waals surface area contributed by atoms with Gasteiger partial charge in [-0.15, -0.1) is 0 Å². The van der Waals surface area contributed by atoms with Crippen LogP contribution in [0, 0.1) is 0 Å². The van der Waals surface area contributed by atoms with Gasteiger partial charge in [0.25, 0.3) is 0 Å². The Morgan fingerprint density at radius 2 is 1.53 bits per heavy atom. The monoisotopic (exact) mass is 248 g/mol. The lowest BCUT2D eigenvalue weighted by Gasteiger charge is -2.09. The van der Waals surface area contributed by atoms with Gasteiger partial charge in [-0.1, -0.05) is 36.9 Å². The van der Waals surface area contributed by atoms with Crippen LogP contribution in [0.2, 0.25) is 0 Å². The molecule has 0 heterocycles. The molecular formula is C11H15BF4N-. The molecule has 0 saturated heterocycles. The van der Waals surface area contributed by atoms with E-state index >= 15 is 0 Å². The fraction of sp³-hybridized carbons (Fsp3) is 0.273. The average molecular weight is 248 g/mol. The van der Waals surface area contributed by atoms with Crippen LogP contribution >= 0.6 is 0 Å². The van der Waals surface area contributed by atoms with Crippen molar-refractivity contribution in [3.05, 3.63) is 42.0 Å². The Balaban J connectivity index is 0.000000437. The predicted molar refractivity (Wildman–Crippen MR) is 64.1 cm³/mol. The molecule has 0 saturated carbocycles. The summed E-state index contributed by atoms with van der Waals surface area (Å²) in [7, 11) is -1.86. The van der Waals surface area contributed by atoms with Gasteiger partial charge in [-0.05, 0) is 25.2 Å². The number of hydrogen-bond acceptors (Lipinski definition) is 1. The Kier molecular flexibility index (Phi) is 6.57. The second-order valence-electron chi connectivity index (χ2n) is 3.68. The van der Waals surface area contributed by atoms with Gasteiger partial charge in [0.05, 0.1) is 0 Å². The summed E-state index contributed by atoms with van der Waals surface area (Å²) >= 11 is 0. The van der Waals surface area contributed by atoms with Crippen molar-refractivity contribution in [1.29, 1.82) is 0 Å². The molecule has 96 valence electrons. The smallest absolute Gasteiger partial charge is 0.418 e. The van der Waals surface area contributed by atoms with Gasteiger partial charge in [0.15, 0.2) is 0 Å². The topological polar surface area (TPSA) is 3.24 Å². The molecule has 0 aliphatic rings. The van der Waals surface area contributed by atoms with Crippen LogP contribution in [0.4, 0.5) is 17.3 Å². The summed E-state index contributed by atoms with van der Waals surface area (Å²) in [6.07, 6.45) is 1.86. The average Bonchev–Trinajstić information content (AvgIpc) is 2.15. The summed E-state index contributed by atoms with van der Waals surface area (Å²) in [5.41, 5.74) is 2.52. The zero-order chi connectivity index (χ0) is 13.5. The molecule has 0 atom stereocenters. The van der Waals surface area contributed by atoms with Crippen molar-refractivity contribution in [2.75, 3.05) is 14.1 Å². The van der Waals surface area contributed by atoms with E-state index in [1.165, 1.54) is 11.1 Å². The fourth-order valence-electron chi connectivity index (χ4n) is 1.12. The van der Waals surface area contributed by atoms with Gasteiger partial charge in [-0.2, -0.15) is 0 Å². The first-order valence-corrected chi connectivity index (χ1v) is 4.96. The zero-order valence-electron chi connectivity index (χ0n) is 9.84. The molecule has 0 N–H and O–H groups in total. The highest BCUT2D eigenvalue weighted by molar-refractivity contribution is 6.50. The fourth-order valence-corrected chi connectivity index (χ4v) is 1.12. The molecule has 0 aliphatic carbocycles. The first kappa shape index (κ1) is 15.7. The number of nitrogens with zero attached hydrogens (tertiary/aromatic N) is 1. The van der Waals surface area contributed by atoms with Crippen molar-refractivity contribution in [2.45, 2.75) is 6.54 Å². The molecule has 0 spiro atoms. The number of rotatable bonds is 3. The van der Waals surface area contributed by atoms with Crippen molar-refractivity contribution in [3.8, 4) is 0 Å². The standard InChI is InChI=1S/C11H15N.BF4/c1-4-10-5-7-11(8-6-10)9-12(2)3;2-1(3,4)5/h4-8H,1,9H2,2-3H3;/q;-1. The molecule has 0 unspecified atom stereocenters. The molecule has 0 aliphatic heterocycles. The van der Waals surface area contributed by atoms with E-state index in [2.05, 4.69) is 49.8 Å². The molecule has 0 bridgehead atoms. The van der Waals surface area contributed by atoms with E-state index in [1.54, 1.807) is 0 Å². The Bertz CT molecular complexity index is 326. The second kappa shape index (κ2) is 7.11. The molecular weight excluding hydrogens is 233 g/mol. The highest BCUT2D eigenvalue weighted by Crippen LogP contribution is 2.07. The van der Waals surface area contributed by atoms with Crippen LogP contribution in [-0.4, -0.2) is 26.2 Å². The highest BCUT2D eigenvalue weighted by Gasteiger charge is 2.20. The van der Waals surface area contributed by atoms with Crippen molar-refractivity contribution in [2.24, 2.45) is 0 Å². The van der Waals surface area contributed by atoms with Crippen LogP contribution < -0.4 is 0 Å². The van der Waals surface area contributed by atoms with Gasteiger partial charge >= 0.3 is 7.25 Å². The van der Waals surface area contributed by atoms with Gasteiger partial charge in [0, 0.05) is 6.54 Å². The van der Waals surface area contributed by atoms with Crippen LogP contribution in [0.25, 0.3) is 6.08 Å². The lowest BCUT2D eigenvalue weighted by atomic mass is 10.1. The third kappa shape index (κ3) is 11.0. The Morgan fingerprint density at radius 3 is 1.82 bits per heavy atom. The molecule has 0 fully saturated rings. The van der Waals surface area contributed by atoms with Crippen molar-refractivity contribution in [3.63, 3.8) is 0 Å². The summed E-state index contributed by atoms with van der Waals surface area (Å²) in [5, 5.41) is 0. The number of hydrogen-bond donors (Lipinski definition) is 0. The quantitative estimate of drug-likeness (QED) is 0.582. The number of benzene rings is 1. The Labute approximate surface area is 98.8 Å². The van der Waals surface area contributed by atoms with Gasteiger partial charge in [-0.25, -0.2) is 0 Å². The van der Waals surface area contributed by atoms with Gasteiger partial charge in [0.2, 0.25) is 0 Å². The predicted octanol–water partition coefficient (Wildman–Crippen LogP) is 3.69. The first-order valence-electron chi connectivity index (χ1n) is 4.96. The minimum absolute atomic E-state index is 0.997. The lowest BCUT2D eigenvalue weighted by Crippen LogP contribution is -2.10. The third-order valence-corrected chi connectivity index (χ3v) is 1.71. The minimum Gasteiger partial charge on any atom is -0.418 e. The van der Waals surface area contributed by atoms with E-state index in [4.69, 9.17) is 0 Å². The van der Waals surface area contributed by atoms with E-state index in [-0.39, 0.29) is 0 Å². The lowest BCUT2D eigenvalue weighted by molar-refractivity contribution is 0.368. The minimum atomic E-state index is -6.00. The van der Waals surface area contributed by atoms with E-state index < -0.39 is 7.25 Å². The Morgan fingerprint density at radius 1 is 1.12 bits per heavy atom. The molecule has 0 radical (unpaired) electrons. The van der Waals surface area contributed by atoms with Crippen LogP contribution in [-0.2, 0) is 6.54 Å². The van der Waals surface area contributed by atoms with Crippen LogP contribution in [0.3, 0.4) is 0 Å². The Hall–Kier alpha value is -1.30. The first-order chi connectivity index (χ1) is 7.72. The molecule has 1 nitrogen and oxygen atoms in total. The van der Waals surface area contributed by atoms with Crippen molar-refractivity contribution < 1.29 is 17.3 Å². The van der Waals surface area contributed by atoms with Gasteiger partial charge in [-0.3, -0.25) is 0 Å². The van der Waals surface area contributed by atoms with Gasteiger partial charge in [0.1, 0.15) is 0 Å². The molecule has 0 amide bonds. The van der Waals surface area contributed by atoms with E-state index in [0.29, 0.717) is 0 Å². The highest BCUT2D eigenvalue weighted by atomic mass is 19.5. The molecule has 6 heteroatoms. The van der Waals surface area contributed by atoms with Gasteiger partial charge < -0.3 is 22.2 Å². The van der Waals surface area contributed by atoms with E-state index in [1.807, 2.05) is 6.08 Å². The normalized spacial score (nSPS) is 10.8.